The number of nitrogens with zero attached hydrogens (tertiary/aromatic N) is 1. The number of anilines is 1. The number of amides is 1. The molecule has 9 heteroatoms. The molecular weight excluding hydrogens is 488 g/mol. The van der Waals surface area contributed by atoms with E-state index in [1.54, 1.807) is 56.5 Å². The van der Waals surface area contributed by atoms with Gasteiger partial charge in [-0.15, -0.1) is 0 Å². The van der Waals surface area contributed by atoms with Crippen molar-refractivity contribution in [2.24, 2.45) is 0 Å². The molecule has 1 amide bonds. The van der Waals surface area contributed by atoms with Gasteiger partial charge in [0.1, 0.15) is 6.54 Å². The maximum atomic E-state index is 13.6. The molecule has 3 aromatic carbocycles. The summed E-state index contributed by atoms with van der Waals surface area (Å²) in [6.07, 6.45) is 0. The number of aryl methyl sites for hydroxylation is 1. The predicted molar refractivity (Wildman–Crippen MR) is 138 cm³/mol. The molecule has 0 saturated carbocycles. The second kappa shape index (κ2) is 11.0. The van der Waals surface area contributed by atoms with E-state index >= 15 is 0 Å². The van der Waals surface area contributed by atoms with Crippen LogP contribution in [0.15, 0.2) is 65.6 Å². The molecule has 35 heavy (non-hydrogen) atoms. The monoisotopic (exact) mass is 516 g/mol. The van der Waals surface area contributed by atoms with Crippen LogP contribution in [0, 0.1) is 13.8 Å². The lowest BCUT2D eigenvalue weighted by atomic mass is 10.1. The molecule has 186 valence electrons. The lowest BCUT2D eigenvalue weighted by Gasteiger charge is -2.27. The Kier molecular flexibility index (Phi) is 8.30. The minimum absolute atomic E-state index is 0.0863. The number of rotatable bonds is 9. The van der Waals surface area contributed by atoms with E-state index in [9.17, 15) is 13.2 Å². The third-order valence-corrected chi connectivity index (χ3v) is 7.87. The average molecular weight is 517 g/mol. The fourth-order valence-corrected chi connectivity index (χ4v) is 5.27. The number of hydrogen-bond acceptors (Lipinski definition) is 5. The number of carbonyl (C=O) groups excluding carboxylic acids is 1. The van der Waals surface area contributed by atoms with Gasteiger partial charge in [0, 0.05) is 5.02 Å². The number of halogens is 1. The maximum absolute atomic E-state index is 13.6. The molecule has 0 fully saturated rings. The maximum Gasteiger partial charge on any atom is 0.264 e. The van der Waals surface area contributed by atoms with Crippen LogP contribution in [0.25, 0.3) is 0 Å². The van der Waals surface area contributed by atoms with E-state index < -0.39 is 28.5 Å². The summed E-state index contributed by atoms with van der Waals surface area (Å²) >= 11 is 6.28. The molecular formula is C26H29ClN2O5S. The Morgan fingerprint density at radius 3 is 2.29 bits per heavy atom. The molecule has 0 unspecified atom stereocenters. The number of sulfonamides is 1. The summed E-state index contributed by atoms with van der Waals surface area (Å²) in [5.41, 5.74) is 2.61. The van der Waals surface area contributed by atoms with Crippen molar-refractivity contribution >= 4 is 33.2 Å². The third-order valence-electron chi connectivity index (χ3n) is 5.69. The van der Waals surface area contributed by atoms with Crippen LogP contribution in [-0.2, 0) is 14.8 Å². The van der Waals surface area contributed by atoms with E-state index in [2.05, 4.69) is 5.32 Å². The highest BCUT2D eigenvalue weighted by Crippen LogP contribution is 2.32. The number of methoxy groups -OCH3 is 2. The zero-order valence-electron chi connectivity index (χ0n) is 20.3. The summed E-state index contributed by atoms with van der Waals surface area (Å²) in [6, 6.07) is 16.4. The summed E-state index contributed by atoms with van der Waals surface area (Å²) in [5, 5.41) is 3.29. The van der Waals surface area contributed by atoms with Gasteiger partial charge in [0.2, 0.25) is 5.91 Å². The third kappa shape index (κ3) is 5.89. The molecule has 3 aromatic rings. The quantitative estimate of drug-likeness (QED) is 0.430. The van der Waals surface area contributed by atoms with Gasteiger partial charge in [-0.3, -0.25) is 9.10 Å². The van der Waals surface area contributed by atoms with Crippen molar-refractivity contribution in [3.63, 3.8) is 0 Å². The highest BCUT2D eigenvalue weighted by molar-refractivity contribution is 7.92. The van der Waals surface area contributed by atoms with Crippen LogP contribution >= 0.6 is 11.6 Å². The van der Waals surface area contributed by atoms with Crippen LogP contribution in [-0.4, -0.2) is 35.1 Å². The first kappa shape index (κ1) is 26.4. The Balaban J connectivity index is 1.92. The summed E-state index contributed by atoms with van der Waals surface area (Å²) in [7, 11) is -0.969. The van der Waals surface area contributed by atoms with Gasteiger partial charge in [-0.25, -0.2) is 8.42 Å². The van der Waals surface area contributed by atoms with Crippen LogP contribution < -0.4 is 19.1 Å². The van der Waals surface area contributed by atoms with Gasteiger partial charge >= 0.3 is 0 Å². The van der Waals surface area contributed by atoms with Crippen molar-refractivity contribution in [2.45, 2.75) is 31.7 Å². The topological polar surface area (TPSA) is 84.9 Å². The minimum atomic E-state index is -4.05. The molecule has 0 aromatic heterocycles. The van der Waals surface area contributed by atoms with Crippen LogP contribution in [0.1, 0.15) is 29.7 Å². The van der Waals surface area contributed by atoms with E-state index in [1.807, 2.05) is 19.9 Å². The predicted octanol–water partition coefficient (Wildman–Crippen LogP) is 5.05. The molecule has 1 N–H and O–H groups in total. The lowest BCUT2D eigenvalue weighted by molar-refractivity contribution is -0.120. The number of hydrogen-bond donors (Lipinski definition) is 1. The van der Waals surface area contributed by atoms with E-state index in [4.69, 9.17) is 21.1 Å². The fourth-order valence-electron chi connectivity index (χ4n) is 3.63. The van der Waals surface area contributed by atoms with Gasteiger partial charge in [-0.1, -0.05) is 41.4 Å². The lowest BCUT2D eigenvalue weighted by Crippen LogP contribution is -2.42. The van der Waals surface area contributed by atoms with Gasteiger partial charge < -0.3 is 14.8 Å². The number of benzene rings is 3. The highest BCUT2D eigenvalue weighted by Gasteiger charge is 2.29. The Morgan fingerprint density at radius 2 is 1.66 bits per heavy atom. The smallest absolute Gasteiger partial charge is 0.264 e. The average Bonchev–Trinajstić information content (AvgIpc) is 2.84. The van der Waals surface area contributed by atoms with Gasteiger partial charge in [-0.2, -0.15) is 0 Å². The molecule has 0 spiro atoms. The largest absolute Gasteiger partial charge is 0.493 e. The van der Waals surface area contributed by atoms with E-state index in [-0.39, 0.29) is 4.90 Å². The van der Waals surface area contributed by atoms with E-state index in [0.29, 0.717) is 27.8 Å². The second-order valence-electron chi connectivity index (χ2n) is 8.11. The summed E-state index contributed by atoms with van der Waals surface area (Å²) in [6.45, 7) is 4.98. The molecule has 7 nitrogen and oxygen atoms in total. The Hall–Kier alpha value is -3.23. The molecule has 0 bridgehead atoms. The van der Waals surface area contributed by atoms with Crippen molar-refractivity contribution in [3.8, 4) is 11.5 Å². The second-order valence-corrected chi connectivity index (χ2v) is 10.4. The number of ether oxygens (including phenoxy) is 2. The van der Waals surface area contributed by atoms with E-state index in [0.717, 1.165) is 15.4 Å². The summed E-state index contributed by atoms with van der Waals surface area (Å²) < 4.78 is 39.0. The standard InChI is InChI=1S/C26H29ClN2O5S/c1-17-9-12-21(13-10-17)35(31,32)29(23-8-6-7-22(27)18(23)2)16-26(30)28-19(3)20-11-14-24(33-4)25(15-20)34-5/h6-15,19H,16H2,1-5H3,(H,28,30)/t19-/m0/s1. The molecule has 0 aliphatic heterocycles. The Bertz CT molecular complexity index is 1310. The van der Waals surface area contributed by atoms with Gasteiger partial charge in [0.05, 0.1) is 30.8 Å². The van der Waals surface area contributed by atoms with Gasteiger partial charge in [-0.05, 0) is 68.3 Å². The van der Waals surface area contributed by atoms with Gasteiger partial charge in [0.15, 0.2) is 11.5 Å². The molecule has 0 radical (unpaired) electrons. The van der Waals surface area contributed by atoms with Crippen LogP contribution in [0.5, 0.6) is 11.5 Å². The SMILES string of the molecule is COc1ccc([C@H](C)NC(=O)CN(c2cccc(Cl)c2C)S(=O)(=O)c2ccc(C)cc2)cc1OC. The zero-order valence-corrected chi connectivity index (χ0v) is 21.9. The summed E-state index contributed by atoms with van der Waals surface area (Å²) in [5.74, 6) is 0.633. The Morgan fingerprint density at radius 1 is 1.00 bits per heavy atom. The summed E-state index contributed by atoms with van der Waals surface area (Å²) in [4.78, 5) is 13.2. The molecule has 3 rings (SSSR count). The van der Waals surface area contributed by atoms with Gasteiger partial charge in [0.25, 0.3) is 10.0 Å². The molecule has 0 aliphatic rings. The number of nitrogens with one attached hydrogen (secondary N) is 1. The van der Waals surface area contributed by atoms with Crippen molar-refractivity contribution in [3.05, 3.63) is 82.4 Å². The highest BCUT2D eigenvalue weighted by atomic mass is 35.5. The van der Waals surface area contributed by atoms with Crippen molar-refractivity contribution in [1.82, 2.24) is 5.32 Å². The normalized spacial score (nSPS) is 12.1. The van der Waals surface area contributed by atoms with Crippen molar-refractivity contribution < 1.29 is 22.7 Å². The van der Waals surface area contributed by atoms with Crippen molar-refractivity contribution in [2.75, 3.05) is 25.1 Å². The van der Waals surface area contributed by atoms with E-state index in [1.165, 1.54) is 19.2 Å². The molecule has 0 saturated heterocycles. The molecule has 0 heterocycles. The molecule has 1 atom stereocenters. The Labute approximate surface area is 211 Å². The first-order chi connectivity index (χ1) is 16.6. The van der Waals surface area contributed by atoms with Crippen LogP contribution in [0.3, 0.4) is 0 Å². The first-order valence-corrected chi connectivity index (χ1v) is 12.8. The minimum Gasteiger partial charge on any atom is -0.493 e. The fraction of sp³-hybridized carbons (Fsp3) is 0.269. The first-order valence-electron chi connectivity index (χ1n) is 10.9. The van der Waals surface area contributed by atoms with Crippen LogP contribution in [0.4, 0.5) is 5.69 Å². The van der Waals surface area contributed by atoms with Crippen molar-refractivity contribution in [1.29, 1.82) is 0 Å². The molecule has 0 aliphatic carbocycles. The van der Waals surface area contributed by atoms with Crippen LogP contribution in [0.2, 0.25) is 5.02 Å². The number of carbonyl (C=O) groups is 1. The zero-order chi connectivity index (χ0) is 25.8.